The van der Waals surface area contributed by atoms with Gasteiger partial charge in [0.1, 0.15) is 10.7 Å². The predicted molar refractivity (Wildman–Crippen MR) is 89.7 cm³/mol. The number of nitrogens with one attached hydrogen (secondary N) is 1. The average Bonchev–Trinajstić information content (AvgIpc) is 2.41. The molecule has 21 heavy (non-hydrogen) atoms. The molecule has 120 valence electrons. The van der Waals surface area contributed by atoms with Crippen LogP contribution in [-0.2, 0) is 16.6 Å². The highest BCUT2D eigenvalue weighted by molar-refractivity contribution is 9.10. The molecule has 0 radical (unpaired) electrons. The number of thioether (sulfide) groups is 1. The molecule has 0 saturated heterocycles. The van der Waals surface area contributed by atoms with Crippen LogP contribution in [0.5, 0.6) is 0 Å². The van der Waals surface area contributed by atoms with Crippen LogP contribution < -0.4 is 5.32 Å². The molecule has 1 rings (SSSR count). The first-order valence-electron chi connectivity index (χ1n) is 6.35. The molecule has 1 unspecified atom stereocenters. The molecule has 0 aromatic heterocycles. The van der Waals surface area contributed by atoms with Gasteiger partial charge in [-0.05, 0) is 32.4 Å². The Balaban J connectivity index is 3.31. The summed E-state index contributed by atoms with van der Waals surface area (Å²) in [6.45, 7) is 2.07. The molecule has 1 N–H and O–H groups in total. The van der Waals surface area contributed by atoms with Gasteiger partial charge in [0, 0.05) is 35.4 Å². The third-order valence-corrected chi connectivity index (χ3v) is 6.38. The molecule has 1 aromatic carbocycles. The topological polar surface area (TPSA) is 49.4 Å². The molecule has 4 nitrogen and oxygen atoms in total. The standard InChI is InChI=1S/C13H20BrFN2O2S2/c1-9(8-20-4)17(3)21(18,19)12-6-11(14)5-10(7-16-2)13(12)15/h5-6,9,16H,7-8H2,1-4H3. The van der Waals surface area contributed by atoms with Gasteiger partial charge in [-0.25, -0.2) is 12.8 Å². The third kappa shape index (κ3) is 4.41. The zero-order valence-electron chi connectivity index (χ0n) is 12.5. The smallest absolute Gasteiger partial charge is 0.246 e. The Hall–Kier alpha value is -0.150. The van der Waals surface area contributed by atoms with Crippen LogP contribution in [0.1, 0.15) is 12.5 Å². The van der Waals surface area contributed by atoms with Crippen LogP contribution in [0.3, 0.4) is 0 Å². The highest BCUT2D eigenvalue weighted by Gasteiger charge is 2.29. The van der Waals surface area contributed by atoms with Crippen LogP contribution in [0.15, 0.2) is 21.5 Å². The van der Waals surface area contributed by atoms with E-state index in [-0.39, 0.29) is 17.5 Å². The molecule has 0 aliphatic carbocycles. The average molecular weight is 399 g/mol. The number of rotatable bonds is 7. The van der Waals surface area contributed by atoms with Gasteiger partial charge < -0.3 is 5.32 Å². The highest BCUT2D eigenvalue weighted by Crippen LogP contribution is 2.27. The van der Waals surface area contributed by atoms with Crippen LogP contribution in [-0.4, -0.2) is 44.9 Å². The van der Waals surface area contributed by atoms with Crippen molar-refractivity contribution < 1.29 is 12.8 Å². The van der Waals surface area contributed by atoms with Crippen molar-refractivity contribution in [2.75, 3.05) is 26.1 Å². The number of hydrogen-bond donors (Lipinski definition) is 1. The second kappa shape index (κ2) is 7.92. The second-order valence-electron chi connectivity index (χ2n) is 4.73. The fourth-order valence-electron chi connectivity index (χ4n) is 1.86. The maximum atomic E-state index is 14.5. The summed E-state index contributed by atoms with van der Waals surface area (Å²) >= 11 is 4.79. The van der Waals surface area contributed by atoms with E-state index in [9.17, 15) is 12.8 Å². The maximum absolute atomic E-state index is 14.5. The fraction of sp³-hybridized carbons (Fsp3) is 0.538. The fourth-order valence-corrected chi connectivity index (χ4v) is 4.81. The lowest BCUT2D eigenvalue weighted by Gasteiger charge is -2.24. The van der Waals surface area contributed by atoms with Gasteiger partial charge in [-0.3, -0.25) is 0 Å². The summed E-state index contributed by atoms with van der Waals surface area (Å²) in [5.41, 5.74) is 0.316. The summed E-state index contributed by atoms with van der Waals surface area (Å²) in [7, 11) is -0.705. The molecule has 0 aliphatic heterocycles. The van der Waals surface area contributed by atoms with E-state index in [1.807, 2.05) is 6.26 Å². The summed E-state index contributed by atoms with van der Waals surface area (Å²) in [4.78, 5) is -0.294. The van der Waals surface area contributed by atoms with Gasteiger partial charge in [0.15, 0.2) is 0 Å². The summed E-state index contributed by atoms with van der Waals surface area (Å²) in [5, 5.41) is 2.83. The molecule has 0 heterocycles. The Kier molecular flexibility index (Phi) is 7.12. The highest BCUT2D eigenvalue weighted by atomic mass is 79.9. The van der Waals surface area contributed by atoms with Crippen LogP contribution in [0.4, 0.5) is 4.39 Å². The lowest BCUT2D eigenvalue weighted by atomic mass is 10.2. The van der Waals surface area contributed by atoms with E-state index in [0.717, 1.165) is 0 Å². The van der Waals surface area contributed by atoms with Gasteiger partial charge >= 0.3 is 0 Å². The van der Waals surface area contributed by atoms with E-state index in [4.69, 9.17) is 0 Å². The number of benzene rings is 1. The summed E-state index contributed by atoms with van der Waals surface area (Å²) in [6.07, 6.45) is 1.90. The Labute approximate surface area is 138 Å². The van der Waals surface area contributed by atoms with Gasteiger partial charge in [0.25, 0.3) is 0 Å². The van der Waals surface area contributed by atoms with Crippen molar-refractivity contribution in [3.63, 3.8) is 0 Å². The Morgan fingerprint density at radius 2 is 2.10 bits per heavy atom. The first-order chi connectivity index (χ1) is 9.75. The van der Waals surface area contributed by atoms with Gasteiger partial charge in [-0.15, -0.1) is 0 Å². The van der Waals surface area contributed by atoms with Crippen LogP contribution in [0.2, 0.25) is 0 Å². The zero-order valence-corrected chi connectivity index (χ0v) is 15.7. The molecule has 0 saturated carbocycles. The maximum Gasteiger partial charge on any atom is 0.246 e. The Bertz CT molecular complexity index is 596. The van der Waals surface area contributed by atoms with Crippen molar-refractivity contribution in [1.29, 1.82) is 0 Å². The number of sulfonamides is 1. The van der Waals surface area contributed by atoms with Gasteiger partial charge in [-0.2, -0.15) is 16.1 Å². The Morgan fingerprint density at radius 1 is 1.48 bits per heavy atom. The van der Waals surface area contributed by atoms with Crippen molar-refractivity contribution in [2.24, 2.45) is 0 Å². The predicted octanol–water partition coefficient (Wildman–Crippen LogP) is 2.68. The molecule has 0 amide bonds. The minimum atomic E-state index is -3.87. The summed E-state index contributed by atoms with van der Waals surface area (Å²) in [6, 6.07) is 2.68. The second-order valence-corrected chi connectivity index (χ2v) is 8.53. The van der Waals surface area contributed by atoms with Crippen molar-refractivity contribution in [1.82, 2.24) is 9.62 Å². The lowest BCUT2D eigenvalue weighted by Crippen LogP contribution is -2.37. The van der Waals surface area contributed by atoms with Crippen LogP contribution in [0, 0.1) is 5.82 Å². The molecular formula is C13H20BrFN2O2S2. The normalized spacial score (nSPS) is 13.7. The van der Waals surface area contributed by atoms with Crippen molar-refractivity contribution in [3.05, 3.63) is 28.0 Å². The Morgan fingerprint density at radius 3 is 2.62 bits per heavy atom. The molecule has 0 spiro atoms. The number of nitrogens with zero attached hydrogens (tertiary/aromatic N) is 1. The monoisotopic (exact) mass is 398 g/mol. The molecule has 0 aliphatic rings. The SMILES string of the molecule is CNCc1cc(Br)cc(S(=O)(=O)N(C)C(C)CSC)c1F. The van der Waals surface area contributed by atoms with E-state index in [1.54, 1.807) is 31.8 Å². The summed E-state index contributed by atoms with van der Waals surface area (Å²) < 4.78 is 41.5. The van der Waals surface area contributed by atoms with Crippen molar-refractivity contribution >= 4 is 37.7 Å². The van der Waals surface area contributed by atoms with Crippen molar-refractivity contribution in [3.8, 4) is 0 Å². The largest absolute Gasteiger partial charge is 0.316 e. The van der Waals surface area contributed by atoms with E-state index in [2.05, 4.69) is 21.2 Å². The van der Waals surface area contributed by atoms with Gasteiger partial charge in [-0.1, -0.05) is 15.9 Å². The van der Waals surface area contributed by atoms with Crippen LogP contribution in [0.25, 0.3) is 0 Å². The first-order valence-corrected chi connectivity index (χ1v) is 9.97. The zero-order chi connectivity index (χ0) is 16.2. The van der Waals surface area contributed by atoms with Crippen molar-refractivity contribution in [2.45, 2.75) is 24.4 Å². The molecule has 1 atom stereocenters. The lowest BCUT2D eigenvalue weighted by molar-refractivity contribution is 0.411. The molecule has 0 fully saturated rings. The van der Waals surface area contributed by atoms with E-state index in [1.165, 1.54) is 17.4 Å². The first kappa shape index (κ1) is 18.9. The van der Waals surface area contributed by atoms with E-state index in [0.29, 0.717) is 15.8 Å². The molecule has 8 heteroatoms. The molecule has 1 aromatic rings. The minimum Gasteiger partial charge on any atom is -0.316 e. The number of hydrogen-bond acceptors (Lipinski definition) is 4. The molecule has 0 bridgehead atoms. The van der Waals surface area contributed by atoms with E-state index < -0.39 is 15.8 Å². The van der Waals surface area contributed by atoms with E-state index >= 15 is 0 Å². The minimum absolute atomic E-state index is 0.212. The quantitative estimate of drug-likeness (QED) is 0.766. The van der Waals surface area contributed by atoms with Crippen LogP contribution >= 0.6 is 27.7 Å². The molecular weight excluding hydrogens is 379 g/mol. The number of halogens is 2. The third-order valence-electron chi connectivity index (χ3n) is 3.13. The van der Waals surface area contributed by atoms with Gasteiger partial charge in [0.2, 0.25) is 10.0 Å². The van der Waals surface area contributed by atoms with Gasteiger partial charge in [0.05, 0.1) is 0 Å². The summed E-state index contributed by atoms with van der Waals surface area (Å²) in [5.74, 6) is -0.0508.